The number of hydrogen-bond acceptors (Lipinski definition) is 3. The normalized spacial score (nSPS) is 34.0. The lowest BCUT2D eigenvalue weighted by Crippen LogP contribution is -2.47. The highest BCUT2D eigenvalue weighted by Gasteiger charge is 2.34. The van der Waals surface area contributed by atoms with Crippen molar-refractivity contribution in [1.82, 2.24) is 10.2 Å². The highest BCUT2D eigenvalue weighted by atomic mass is 16.5. The van der Waals surface area contributed by atoms with E-state index in [9.17, 15) is 4.79 Å². The molecule has 0 bridgehead atoms. The Balaban J connectivity index is 1.90. The number of amides is 1. The smallest absolute Gasteiger partial charge is 0.227 e. The molecule has 2 aliphatic heterocycles. The molecule has 17 heavy (non-hydrogen) atoms. The Bertz CT molecular complexity index is 268. The second-order valence-electron chi connectivity index (χ2n) is 5.14. The van der Waals surface area contributed by atoms with Crippen molar-refractivity contribution in [3.63, 3.8) is 0 Å². The summed E-state index contributed by atoms with van der Waals surface area (Å²) in [4.78, 5) is 14.4. The zero-order chi connectivity index (χ0) is 12.3. The van der Waals surface area contributed by atoms with Crippen molar-refractivity contribution in [2.45, 2.75) is 45.3 Å². The maximum absolute atomic E-state index is 12.4. The minimum Gasteiger partial charge on any atom is -0.377 e. The van der Waals surface area contributed by atoms with Crippen molar-refractivity contribution in [3.05, 3.63) is 0 Å². The van der Waals surface area contributed by atoms with Crippen molar-refractivity contribution in [3.8, 4) is 0 Å². The highest BCUT2D eigenvalue weighted by molar-refractivity contribution is 5.80. The van der Waals surface area contributed by atoms with Crippen LogP contribution in [0, 0.1) is 5.92 Å². The molecule has 4 nitrogen and oxygen atoms in total. The number of rotatable bonds is 3. The van der Waals surface area contributed by atoms with Gasteiger partial charge in [0.2, 0.25) is 5.91 Å². The Morgan fingerprint density at radius 3 is 2.94 bits per heavy atom. The fraction of sp³-hybridized carbons (Fsp3) is 0.923. The molecular weight excluding hydrogens is 216 g/mol. The molecular formula is C13H24N2O2. The van der Waals surface area contributed by atoms with Gasteiger partial charge in [-0.05, 0) is 39.7 Å². The summed E-state index contributed by atoms with van der Waals surface area (Å²) in [6.45, 7) is 7.54. The van der Waals surface area contributed by atoms with Gasteiger partial charge in [0, 0.05) is 25.7 Å². The summed E-state index contributed by atoms with van der Waals surface area (Å²) in [5.41, 5.74) is 0. The van der Waals surface area contributed by atoms with Crippen molar-refractivity contribution in [2.24, 2.45) is 5.92 Å². The largest absolute Gasteiger partial charge is 0.377 e. The first-order valence-electron chi connectivity index (χ1n) is 6.86. The van der Waals surface area contributed by atoms with E-state index in [4.69, 9.17) is 4.74 Å². The summed E-state index contributed by atoms with van der Waals surface area (Å²) in [7, 11) is 0. The van der Waals surface area contributed by atoms with Gasteiger partial charge in [-0.2, -0.15) is 0 Å². The fourth-order valence-corrected chi connectivity index (χ4v) is 2.94. The second-order valence-corrected chi connectivity index (χ2v) is 5.14. The molecule has 4 heteroatoms. The first-order valence-corrected chi connectivity index (χ1v) is 6.86. The highest BCUT2D eigenvalue weighted by Crippen LogP contribution is 2.21. The standard InChI is InChI=1S/C13H24N2O2/c1-3-17-11-5-4-8-15(9-11)13(16)12-6-7-14-10(12)2/h10-12,14H,3-9H2,1-2H3. The summed E-state index contributed by atoms with van der Waals surface area (Å²) in [6.07, 6.45) is 3.40. The molecule has 0 aliphatic carbocycles. The Labute approximate surface area is 104 Å². The summed E-state index contributed by atoms with van der Waals surface area (Å²) >= 11 is 0. The summed E-state index contributed by atoms with van der Waals surface area (Å²) < 4.78 is 5.64. The van der Waals surface area contributed by atoms with E-state index >= 15 is 0 Å². The molecule has 2 rings (SSSR count). The zero-order valence-corrected chi connectivity index (χ0v) is 10.9. The molecule has 0 aromatic carbocycles. The monoisotopic (exact) mass is 240 g/mol. The maximum Gasteiger partial charge on any atom is 0.227 e. The molecule has 0 aromatic heterocycles. The van der Waals surface area contributed by atoms with Gasteiger partial charge < -0.3 is 15.0 Å². The molecule has 0 spiro atoms. The number of nitrogens with one attached hydrogen (secondary N) is 1. The number of likely N-dealkylation sites (tertiary alicyclic amines) is 1. The van der Waals surface area contributed by atoms with E-state index in [1.807, 2.05) is 11.8 Å². The molecule has 0 saturated carbocycles. The quantitative estimate of drug-likeness (QED) is 0.800. The second kappa shape index (κ2) is 5.83. The molecule has 1 amide bonds. The van der Waals surface area contributed by atoms with Crippen LogP contribution in [0.25, 0.3) is 0 Å². The summed E-state index contributed by atoms with van der Waals surface area (Å²) in [5.74, 6) is 0.502. The van der Waals surface area contributed by atoms with Crippen molar-refractivity contribution >= 4 is 5.91 Å². The minimum atomic E-state index is 0.176. The Kier molecular flexibility index (Phi) is 4.40. The number of carbonyl (C=O) groups excluding carboxylic acids is 1. The average Bonchev–Trinajstić information content (AvgIpc) is 2.75. The third-order valence-corrected chi connectivity index (χ3v) is 3.93. The minimum absolute atomic E-state index is 0.176. The van der Waals surface area contributed by atoms with Crippen LogP contribution in [0.4, 0.5) is 0 Å². The van der Waals surface area contributed by atoms with Gasteiger partial charge in [-0.25, -0.2) is 0 Å². The number of carbonyl (C=O) groups is 1. The van der Waals surface area contributed by atoms with Gasteiger partial charge in [0.15, 0.2) is 0 Å². The fourth-order valence-electron chi connectivity index (χ4n) is 2.94. The zero-order valence-electron chi connectivity index (χ0n) is 10.9. The Morgan fingerprint density at radius 2 is 2.29 bits per heavy atom. The summed E-state index contributed by atoms with van der Waals surface area (Å²) in [6, 6.07) is 0.329. The van der Waals surface area contributed by atoms with E-state index in [2.05, 4.69) is 12.2 Å². The van der Waals surface area contributed by atoms with Gasteiger partial charge in [0.1, 0.15) is 0 Å². The number of nitrogens with zero attached hydrogens (tertiary/aromatic N) is 1. The maximum atomic E-state index is 12.4. The average molecular weight is 240 g/mol. The van der Waals surface area contributed by atoms with Gasteiger partial charge in [-0.1, -0.05) is 0 Å². The first-order chi connectivity index (χ1) is 8.22. The van der Waals surface area contributed by atoms with E-state index in [1.165, 1.54) is 0 Å². The van der Waals surface area contributed by atoms with Crippen LogP contribution < -0.4 is 5.32 Å². The lowest BCUT2D eigenvalue weighted by molar-refractivity contribution is -0.139. The number of piperidine rings is 1. The van der Waals surface area contributed by atoms with Crippen molar-refractivity contribution in [1.29, 1.82) is 0 Å². The lowest BCUT2D eigenvalue weighted by Gasteiger charge is -2.34. The van der Waals surface area contributed by atoms with Gasteiger partial charge in [0.05, 0.1) is 12.0 Å². The van der Waals surface area contributed by atoms with Crippen LogP contribution in [0.1, 0.15) is 33.1 Å². The van der Waals surface area contributed by atoms with Crippen LogP contribution in [-0.2, 0) is 9.53 Å². The molecule has 3 atom stereocenters. The Morgan fingerprint density at radius 1 is 1.47 bits per heavy atom. The van der Waals surface area contributed by atoms with E-state index in [0.717, 1.165) is 45.5 Å². The third-order valence-electron chi connectivity index (χ3n) is 3.93. The molecule has 1 N–H and O–H groups in total. The predicted octanol–water partition coefficient (Wildman–Crippen LogP) is 1.01. The molecule has 2 saturated heterocycles. The third kappa shape index (κ3) is 2.99. The van der Waals surface area contributed by atoms with E-state index in [0.29, 0.717) is 11.9 Å². The molecule has 3 unspecified atom stereocenters. The van der Waals surface area contributed by atoms with Gasteiger partial charge in [-0.15, -0.1) is 0 Å². The molecule has 2 aliphatic rings. The van der Waals surface area contributed by atoms with Crippen LogP contribution in [-0.4, -0.2) is 49.2 Å². The number of ether oxygens (including phenoxy) is 1. The van der Waals surface area contributed by atoms with Crippen molar-refractivity contribution in [2.75, 3.05) is 26.2 Å². The van der Waals surface area contributed by atoms with E-state index in [1.54, 1.807) is 0 Å². The summed E-state index contributed by atoms with van der Waals surface area (Å²) in [5, 5.41) is 3.35. The van der Waals surface area contributed by atoms with Crippen LogP contribution in [0.2, 0.25) is 0 Å². The Hall–Kier alpha value is -0.610. The molecule has 2 fully saturated rings. The molecule has 2 heterocycles. The molecule has 98 valence electrons. The van der Waals surface area contributed by atoms with Gasteiger partial charge in [-0.3, -0.25) is 4.79 Å². The SMILES string of the molecule is CCOC1CCCN(C(=O)C2CCNC2C)C1. The number of hydrogen-bond donors (Lipinski definition) is 1. The first kappa shape index (κ1) is 12.8. The topological polar surface area (TPSA) is 41.6 Å². The van der Waals surface area contributed by atoms with Crippen LogP contribution >= 0.6 is 0 Å². The predicted molar refractivity (Wildman–Crippen MR) is 66.8 cm³/mol. The van der Waals surface area contributed by atoms with Crippen LogP contribution in [0.3, 0.4) is 0 Å². The van der Waals surface area contributed by atoms with Gasteiger partial charge >= 0.3 is 0 Å². The molecule has 0 aromatic rings. The van der Waals surface area contributed by atoms with E-state index < -0.39 is 0 Å². The molecule has 0 radical (unpaired) electrons. The van der Waals surface area contributed by atoms with Crippen LogP contribution in [0.15, 0.2) is 0 Å². The lowest BCUT2D eigenvalue weighted by atomic mass is 9.98. The van der Waals surface area contributed by atoms with Crippen LogP contribution in [0.5, 0.6) is 0 Å². The van der Waals surface area contributed by atoms with E-state index in [-0.39, 0.29) is 12.0 Å². The van der Waals surface area contributed by atoms with Gasteiger partial charge in [0.25, 0.3) is 0 Å². The van der Waals surface area contributed by atoms with Crippen molar-refractivity contribution < 1.29 is 9.53 Å².